The molecule has 1 aromatic carbocycles. The Balaban J connectivity index is 0.00000280. The van der Waals surface area contributed by atoms with Gasteiger partial charge in [-0.2, -0.15) is 0 Å². The van der Waals surface area contributed by atoms with Crippen LogP contribution in [0.2, 0.25) is 0 Å². The number of hydrogen-bond acceptors (Lipinski definition) is 4. The second-order valence-corrected chi connectivity index (χ2v) is 7.04. The Bertz CT molecular complexity index is 686. The lowest BCUT2D eigenvalue weighted by atomic mass is 9.84. The molecule has 1 unspecified atom stereocenters. The third-order valence-corrected chi connectivity index (χ3v) is 4.96. The Hall–Kier alpha value is -1.58. The van der Waals surface area contributed by atoms with Crippen LogP contribution in [-0.4, -0.2) is 44.0 Å². The summed E-state index contributed by atoms with van der Waals surface area (Å²) in [6, 6.07) is 14.1. The van der Waals surface area contributed by atoms with Crippen LogP contribution in [0.4, 0.5) is 0 Å². The van der Waals surface area contributed by atoms with E-state index in [4.69, 9.17) is 14.1 Å². The zero-order valence-corrected chi connectivity index (χ0v) is 18.4. The van der Waals surface area contributed by atoms with Gasteiger partial charge in [-0.25, -0.2) is 4.99 Å². The van der Waals surface area contributed by atoms with Gasteiger partial charge in [-0.1, -0.05) is 30.3 Å². The van der Waals surface area contributed by atoms with Crippen molar-refractivity contribution in [1.82, 2.24) is 10.6 Å². The van der Waals surface area contributed by atoms with E-state index in [1.165, 1.54) is 5.56 Å². The fourth-order valence-electron chi connectivity index (χ4n) is 3.27. The molecule has 0 amide bonds. The molecule has 2 heterocycles. The van der Waals surface area contributed by atoms with Crippen molar-refractivity contribution in [2.24, 2.45) is 10.4 Å². The molecule has 0 spiro atoms. The molecule has 154 valence electrons. The van der Waals surface area contributed by atoms with Gasteiger partial charge in [0, 0.05) is 38.1 Å². The predicted molar refractivity (Wildman–Crippen MR) is 121 cm³/mol. The van der Waals surface area contributed by atoms with Crippen LogP contribution in [0.15, 0.2) is 58.1 Å². The SMILES string of the molecule is I.OCCC1(CNC(=NCc2ccccc2)NCCc2ccco2)CCOC1. The van der Waals surface area contributed by atoms with Gasteiger partial charge in [-0.3, -0.25) is 0 Å². The Morgan fingerprint density at radius 1 is 1.14 bits per heavy atom. The molecular formula is C21H30IN3O3. The van der Waals surface area contributed by atoms with E-state index in [1.54, 1.807) is 6.26 Å². The van der Waals surface area contributed by atoms with Crippen LogP contribution in [-0.2, 0) is 17.7 Å². The van der Waals surface area contributed by atoms with Gasteiger partial charge in [0.15, 0.2) is 5.96 Å². The van der Waals surface area contributed by atoms with E-state index in [-0.39, 0.29) is 36.0 Å². The average molecular weight is 499 g/mol. The Kier molecular flexibility index (Phi) is 9.80. The number of aliphatic imine (C=N–C) groups is 1. The van der Waals surface area contributed by atoms with Gasteiger partial charge in [0.25, 0.3) is 0 Å². The third kappa shape index (κ3) is 7.10. The van der Waals surface area contributed by atoms with Gasteiger partial charge < -0.3 is 24.9 Å². The molecule has 1 aliphatic rings. The number of nitrogens with zero attached hydrogens (tertiary/aromatic N) is 1. The number of ether oxygens (including phenoxy) is 1. The van der Waals surface area contributed by atoms with Crippen molar-refractivity contribution in [2.45, 2.75) is 25.8 Å². The van der Waals surface area contributed by atoms with E-state index in [0.29, 0.717) is 13.2 Å². The molecular weight excluding hydrogens is 469 g/mol. The number of nitrogens with one attached hydrogen (secondary N) is 2. The molecule has 0 aliphatic carbocycles. The van der Waals surface area contributed by atoms with Gasteiger partial charge in [0.1, 0.15) is 5.76 Å². The highest BCUT2D eigenvalue weighted by Gasteiger charge is 2.34. The van der Waals surface area contributed by atoms with E-state index in [9.17, 15) is 5.11 Å². The fraction of sp³-hybridized carbons (Fsp3) is 0.476. The van der Waals surface area contributed by atoms with Crippen LogP contribution >= 0.6 is 24.0 Å². The largest absolute Gasteiger partial charge is 0.469 e. The number of aliphatic hydroxyl groups is 1. The zero-order chi connectivity index (χ0) is 18.8. The van der Waals surface area contributed by atoms with Gasteiger partial charge >= 0.3 is 0 Å². The summed E-state index contributed by atoms with van der Waals surface area (Å²) in [5.74, 6) is 1.72. The molecule has 1 saturated heterocycles. The van der Waals surface area contributed by atoms with Crippen molar-refractivity contribution in [1.29, 1.82) is 0 Å². The fourth-order valence-corrected chi connectivity index (χ4v) is 3.27. The second kappa shape index (κ2) is 12.1. The molecule has 28 heavy (non-hydrogen) atoms. The number of aliphatic hydroxyl groups excluding tert-OH is 1. The van der Waals surface area contributed by atoms with Crippen LogP contribution in [0.5, 0.6) is 0 Å². The number of rotatable bonds is 9. The highest BCUT2D eigenvalue weighted by Crippen LogP contribution is 2.31. The summed E-state index contributed by atoms with van der Waals surface area (Å²) in [4.78, 5) is 4.73. The zero-order valence-electron chi connectivity index (χ0n) is 16.1. The smallest absolute Gasteiger partial charge is 0.191 e. The molecule has 1 fully saturated rings. The van der Waals surface area contributed by atoms with Gasteiger partial charge in [-0.05, 0) is 30.5 Å². The lowest BCUT2D eigenvalue weighted by Crippen LogP contribution is -2.45. The quantitative estimate of drug-likeness (QED) is 0.281. The molecule has 1 aliphatic heterocycles. The normalized spacial score (nSPS) is 19.2. The average Bonchev–Trinajstić information content (AvgIpc) is 3.37. The molecule has 2 aromatic rings. The molecule has 0 saturated carbocycles. The predicted octanol–water partition coefficient (Wildman–Crippen LogP) is 2.96. The highest BCUT2D eigenvalue weighted by atomic mass is 127. The highest BCUT2D eigenvalue weighted by molar-refractivity contribution is 14.0. The minimum Gasteiger partial charge on any atom is -0.469 e. The maximum absolute atomic E-state index is 9.42. The maximum atomic E-state index is 9.42. The van der Waals surface area contributed by atoms with Crippen LogP contribution in [0.1, 0.15) is 24.2 Å². The number of hydrogen-bond donors (Lipinski definition) is 3. The summed E-state index contributed by atoms with van der Waals surface area (Å²) in [6.45, 7) is 3.68. The number of halogens is 1. The lowest BCUT2D eigenvalue weighted by molar-refractivity contribution is 0.127. The van der Waals surface area contributed by atoms with Crippen molar-refractivity contribution in [3.8, 4) is 0 Å². The van der Waals surface area contributed by atoms with Gasteiger partial charge in [0.2, 0.25) is 0 Å². The summed E-state index contributed by atoms with van der Waals surface area (Å²) in [5, 5.41) is 16.3. The van der Waals surface area contributed by atoms with Crippen LogP contribution in [0, 0.1) is 5.41 Å². The summed E-state index contributed by atoms with van der Waals surface area (Å²) in [6.07, 6.45) is 4.18. The Labute approximate surface area is 183 Å². The summed E-state index contributed by atoms with van der Waals surface area (Å²) >= 11 is 0. The first kappa shape index (κ1) is 22.7. The number of guanidine groups is 1. The molecule has 1 atom stereocenters. The Morgan fingerprint density at radius 2 is 2.00 bits per heavy atom. The van der Waals surface area contributed by atoms with Crippen molar-refractivity contribution in [2.75, 3.05) is 32.9 Å². The standard InChI is InChI=1S/C21H29N3O3.HI/c25-12-9-21(10-14-26-17-21)16-24-20(22-11-8-19-7-4-13-27-19)23-15-18-5-2-1-3-6-18;/h1-7,13,25H,8-12,14-17H2,(H2,22,23,24);1H. The van der Waals surface area contributed by atoms with Crippen molar-refractivity contribution in [3.05, 3.63) is 60.1 Å². The molecule has 3 rings (SSSR count). The van der Waals surface area contributed by atoms with Crippen molar-refractivity contribution < 1.29 is 14.3 Å². The molecule has 6 nitrogen and oxygen atoms in total. The van der Waals surface area contributed by atoms with Crippen LogP contribution in [0.25, 0.3) is 0 Å². The molecule has 0 radical (unpaired) electrons. The minimum absolute atomic E-state index is 0. The van der Waals surface area contributed by atoms with Crippen molar-refractivity contribution in [3.63, 3.8) is 0 Å². The lowest BCUT2D eigenvalue weighted by Gasteiger charge is -2.27. The minimum atomic E-state index is -0.0229. The molecule has 1 aromatic heterocycles. The first-order valence-corrected chi connectivity index (χ1v) is 9.57. The van der Waals surface area contributed by atoms with Crippen LogP contribution < -0.4 is 10.6 Å². The Morgan fingerprint density at radius 3 is 2.68 bits per heavy atom. The summed E-state index contributed by atoms with van der Waals surface area (Å²) < 4.78 is 11.0. The van der Waals surface area contributed by atoms with E-state index in [1.807, 2.05) is 30.3 Å². The van der Waals surface area contributed by atoms with Crippen LogP contribution in [0.3, 0.4) is 0 Å². The molecule has 0 bridgehead atoms. The van der Waals surface area contributed by atoms with E-state index < -0.39 is 0 Å². The second-order valence-electron chi connectivity index (χ2n) is 7.04. The van der Waals surface area contributed by atoms with Crippen molar-refractivity contribution >= 4 is 29.9 Å². The van der Waals surface area contributed by atoms with E-state index >= 15 is 0 Å². The molecule has 3 N–H and O–H groups in total. The summed E-state index contributed by atoms with van der Waals surface area (Å²) in [7, 11) is 0. The number of benzene rings is 1. The molecule has 7 heteroatoms. The topological polar surface area (TPSA) is 79.0 Å². The van der Waals surface area contributed by atoms with Gasteiger partial charge in [0.05, 0.1) is 19.4 Å². The van der Waals surface area contributed by atoms with E-state index in [0.717, 1.165) is 50.7 Å². The first-order valence-electron chi connectivity index (χ1n) is 9.57. The number of furan rings is 1. The summed E-state index contributed by atoms with van der Waals surface area (Å²) in [5.41, 5.74) is 1.14. The first-order chi connectivity index (χ1) is 13.3. The monoisotopic (exact) mass is 499 g/mol. The van der Waals surface area contributed by atoms with E-state index in [2.05, 4.69) is 22.8 Å². The third-order valence-electron chi connectivity index (χ3n) is 4.96. The maximum Gasteiger partial charge on any atom is 0.191 e. The van der Waals surface area contributed by atoms with Gasteiger partial charge in [-0.15, -0.1) is 24.0 Å².